The minimum absolute atomic E-state index is 0.510. The first-order valence-corrected chi connectivity index (χ1v) is 8.25. The topological polar surface area (TPSA) is 30.5 Å². The van der Waals surface area contributed by atoms with Crippen molar-refractivity contribution in [2.75, 3.05) is 13.2 Å². The van der Waals surface area contributed by atoms with Gasteiger partial charge >= 0.3 is 0 Å². The van der Waals surface area contributed by atoms with Gasteiger partial charge in [-0.05, 0) is 37.0 Å². The SMILES string of the molecule is CC(C)CCCC(C)NCc1cc(Cl)c2c(c1)OCCO2. The quantitative estimate of drug-likeness (QED) is 0.808. The van der Waals surface area contributed by atoms with E-state index in [-0.39, 0.29) is 0 Å². The zero-order chi connectivity index (χ0) is 15.2. The van der Waals surface area contributed by atoms with Crippen LogP contribution in [0.1, 0.15) is 45.6 Å². The molecule has 0 aromatic heterocycles. The van der Waals surface area contributed by atoms with Crippen LogP contribution in [0.15, 0.2) is 12.1 Å². The van der Waals surface area contributed by atoms with E-state index < -0.39 is 0 Å². The Labute approximate surface area is 133 Å². The molecule has 0 fully saturated rings. The van der Waals surface area contributed by atoms with Gasteiger partial charge in [-0.1, -0.05) is 38.3 Å². The van der Waals surface area contributed by atoms with Crippen molar-refractivity contribution in [3.05, 3.63) is 22.7 Å². The van der Waals surface area contributed by atoms with Gasteiger partial charge in [0.25, 0.3) is 0 Å². The summed E-state index contributed by atoms with van der Waals surface area (Å²) in [5, 5.41) is 4.19. The molecule has 1 aromatic rings. The summed E-state index contributed by atoms with van der Waals surface area (Å²) in [7, 11) is 0. The van der Waals surface area contributed by atoms with Gasteiger partial charge in [0.05, 0.1) is 5.02 Å². The van der Waals surface area contributed by atoms with E-state index in [1.54, 1.807) is 0 Å². The third-order valence-corrected chi connectivity index (χ3v) is 4.01. The first-order valence-electron chi connectivity index (χ1n) is 7.87. The summed E-state index contributed by atoms with van der Waals surface area (Å²) >= 11 is 6.25. The molecule has 0 saturated heterocycles. The number of ether oxygens (including phenoxy) is 2. The normalized spacial score (nSPS) is 15.3. The predicted octanol–water partition coefficient (Wildman–Crippen LogP) is 4.42. The molecular weight excluding hydrogens is 286 g/mol. The Kier molecular flexibility index (Phi) is 6.19. The molecule has 0 bridgehead atoms. The molecule has 0 amide bonds. The highest BCUT2D eigenvalue weighted by Gasteiger charge is 2.16. The van der Waals surface area contributed by atoms with E-state index in [1.165, 1.54) is 19.3 Å². The van der Waals surface area contributed by atoms with Gasteiger partial charge < -0.3 is 14.8 Å². The molecule has 2 rings (SSSR count). The number of rotatable bonds is 7. The molecule has 3 nitrogen and oxygen atoms in total. The number of hydrogen-bond donors (Lipinski definition) is 1. The van der Waals surface area contributed by atoms with Gasteiger partial charge in [0.1, 0.15) is 13.2 Å². The van der Waals surface area contributed by atoms with Crippen molar-refractivity contribution in [1.29, 1.82) is 0 Å². The lowest BCUT2D eigenvalue weighted by atomic mass is 10.0. The molecule has 0 aliphatic carbocycles. The van der Waals surface area contributed by atoms with E-state index in [2.05, 4.69) is 26.1 Å². The number of halogens is 1. The standard InChI is InChI=1S/C17H26ClNO2/c1-12(2)5-4-6-13(3)19-11-14-9-15(18)17-16(10-14)20-7-8-21-17/h9-10,12-13,19H,4-8,11H2,1-3H3. The fourth-order valence-electron chi connectivity index (χ4n) is 2.49. The van der Waals surface area contributed by atoms with Gasteiger partial charge in [-0.15, -0.1) is 0 Å². The van der Waals surface area contributed by atoms with Gasteiger partial charge in [-0.3, -0.25) is 0 Å². The van der Waals surface area contributed by atoms with E-state index in [0.29, 0.717) is 30.0 Å². The Morgan fingerprint density at radius 3 is 2.67 bits per heavy atom. The highest BCUT2D eigenvalue weighted by Crippen LogP contribution is 2.38. The van der Waals surface area contributed by atoms with E-state index in [1.807, 2.05) is 12.1 Å². The minimum atomic E-state index is 0.510. The summed E-state index contributed by atoms with van der Waals surface area (Å²) in [4.78, 5) is 0. The van der Waals surface area contributed by atoms with Crippen molar-refractivity contribution in [3.63, 3.8) is 0 Å². The van der Waals surface area contributed by atoms with Crippen molar-refractivity contribution in [1.82, 2.24) is 5.32 Å². The molecule has 0 saturated carbocycles. The van der Waals surface area contributed by atoms with Crippen molar-refractivity contribution in [2.45, 2.75) is 52.6 Å². The van der Waals surface area contributed by atoms with Crippen LogP contribution in [0.4, 0.5) is 0 Å². The molecule has 1 aromatic carbocycles. The lowest BCUT2D eigenvalue weighted by Gasteiger charge is -2.21. The monoisotopic (exact) mass is 311 g/mol. The van der Waals surface area contributed by atoms with Gasteiger partial charge in [0.15, 0.2) is 11.5 Å². The van der Waals surface area contributed by atoms with Crippen LogP contribution in [0.5, 0.6) is 11.5 Å². The molecule has 1 unspecified atom stereocenters. The summed E-state index contributed by atoms with van der Waals surface area (Å²) in [6.45, 7) is 8.74. The average molecular weight is 312 g/mol. The summed E-state index contributed by atoms with van der Waals surface area (Å²) in [6.07, 6.45) is 3.77. The second-order valence-electron chi connectivity index (χ2n) is 6.21. The lowest BCUT2D eigenvalue weighted by molar-refractivity contribution is 0.171. The summed E-state index contributed by atoms with van der Waals surface area (Å²) < 4.78 is 11.1. The van der Waals surface area contributed by atoms with E-state index in [0.717, 1.165) is 23.8 Å². The van der Waals surface area contributed by atoms with Crippen LogP contribution in [-0.2, 0) is 6.54 Å². The molecule has 21 heavy (non-hydrogen) atoms. The number of fused-ring (bicyclic) bond motifs is 1. The van der Waals surface area contributed by atoms with E-state index >= 15 is 0 Å². The van der Waals surface area contributed by atoms with Crippen molar-refractivity contribution in [3.8, 4) is 11.5 Å². The summed E-state index contributed by atoms with van der Waals surface area (Å²) in [5.74, 6) is 2.23. The van der Waals surface area contributed by atoms with Gasteiger partial charge in [-0.25, -0.2) is 0 Å². The Balaban J connectivity index is 1.84. The highest BCUT2D eigenvalue weighted by atomic mass is 35.5. The maximum Gasteiger partial charge on any atom is 0.179 e. The maximum atomic E-state index is 6.25. The fraction of sp³-hybridized carbons (Fsp3) is 0.647. The van der Waals surface area contributed by atoms with Crippen LogP contribution in [0.2, 0.25) is 5.02 Å². The predicted molar refractivity (Wildman–Crippen MR) is 87.4 cm³/mol. The number of nitrogens with one attached hydrogen (secondary N) is 1. The smallest absolute Gasteiger partial charge is 0.179 e. The molecule has 4 heteroatoms. The van der Waals surface area contributed by atoms with Gasteiger partial charge in [0, 0.05) is 12.6 Å². The molecule has 0 radical (unpaired) electrons. The Morgan fingerprint density at radius 2 is 1.90 bits per heavy atom. The second-order valence-corrected chi connectivity index (χ2v) is 6.62. The molecule has 1 atom stereocenters. The first kappa shape index (κ1) is 16.4. The molecular formula is C17H26ClNO2. The van der Waals surface area contributed by atoms with Crippen LogP contribution in [0, 0.1) is 5.92 Å². The summed E-state index contributed by atoms with van der Waals surface area (Å²) in [6, 6.07) is 4.49. The van der Waals surface area contributed by atoms with Gasteiger partial charge in [-0.2, -0.15) is 0 Å². The van der Waals surface area contributed by atoms with Gasteiger partial charge in [0.2, 0.25) is 0 Å². The number of hydrogen-bond acceptors (Lipinski definition) is 3. The lowest BCUT2D eigenvalue weighted by Crippen LogP contribution is -2.25. The first-order chi connectivity index (χ1) is 10.1. The third-order valence-electron chi connectivity index (χ3n) is 3.73. The number of benzene rings is 1. The molecule has 1 N–H and O–H groups in total. The van der Waals surface area contributed by atoms with Crippen LogP contribution in [0.3, 0.4) is 0 Å². The molecule has 1 aliphatic heterocycles. The van der Waals surface area contributed by atoms with Crippen LogP contribution in [0.25, 0.3) is 0 Å². The van der Waals surface area contributed by atoms with E-state index in [4.69, 9.17) is 21.1 Å². The maximum absolute atomic E-state index is 6.25. The highest BCUT2D eigenvalue weighted by molar-refractivity contribution is 6.32. The molecule has 118 valence electrons. The Morgan fingerprint density at radius 1 is 1.14 bits per heavy atom. The Bertz CT molecular complexity index is 462. The molecule has 0 spiro atoms. The zero-order valence-corrected chi connectivity index (χ0v) is 14.0. The summed E-state index contributed by atoms with van der Waals surface area (Å²) in [5.41, 5.74) is 1.14. The average Bonchev–Trinajstić information content (AvgIpc) is 2.45. The van der Waals surface area contributed by atoms with Crippen LogP contribution >= 0.6 is 11.6 Å². The van der Waals surface area contributed by atoms with Crippen LogP contribution < -0.4 is 14.8 Å². The van der Waals surface area contributed by atoms with Crippen molar-refractivity contribution in [2.24, 2.45) is 5.92 Å². The molecule has 1 aliphatic rings. The van der Waals surface area contributed by atoms with Crippen LogP contribution in [-0.4, -0.2) is 19.3 Å². The molecule has 1 heterocycles. The zero-order valence-electron chi connectivity index (χ0n) is 13.2. The Hall–Kier alpha value is -0.930. The second kappa shape index (κ2) is 7.90. The van der Waals surface area contributed by atoms with E-state index in [9.17, 15) is 0 Å². The third kappa shape index (κ3) is 5.08. The largest absolute Gasteiger partial charge is 0.486 e. The fourth-order valence-corrected chi connectivity index (χ4v) is 2.78. The van der Waals surface area contributed by atoms with Crippen molar-refractivity contribution >= 4 is 11.6 Å². The minimum Gasteiger partial charge on any atom is -0.486 e. The van der Waals surface area contributed by atoms with Crippen molar-refractivity contribution < 1.29 is 9.47 Å².